The molecule has 1 heterocycles. The van der Waals surface area contributed by atoms with E-state index in [0.29, 0.717) is 29.5 Å². The van der Waals surface area contributed by atoms with Crippen molar-refractivity contribution in [2.75, 3.05) is 26.6 Å². The van der Waals surface area contributed by atoms with E-state index in [-0.39, 0.29) is 0 Å². The zero-order valence-corrected chi connectivity index (χ0v) is 12.3. The maximum atomic E-state index is 5.95. The predicted octanol–water partition coefficient (Wildman–Crippen LogP) is 2.69. The highest BCUT2D eigenvalue weighted by atomic mass is 16.5. The summed E-state index contributed by atoms with van der Waals surface area (Å²) in [6, 6.07) is 7.47. The first kappa shape index (κ1) is 15.0. The highest BCUT2D eigenvalue weighted by Gasteiger charge is 2.10. The molecule has 21 heavy (non-hydrogen) atoms. The number of ether oxygens (including phenoxy) is 3. The molecule has 2 aromatic rings. The lowest BCUT2D eigenvalue weighted by Crippen LogP contribution is -2.03. The summed E-state index contributed by atoms with van der Waals surface area (Å²) >= 11 is 0. The Morgan fingerprint density at radius 1 is 1.00 bits per heavy atom. The van der Waals surface area contributed by atoms with Crippen LogP contribution in [0.3, 0.4) is 0 Å². The van der Waals surface area contributed by atoms with Gasteiger partial charge in [0.25, 0.3) is 0 Å². The minimum absolute atomic E-state index is 0.538. The van der Waals surface area contributed by atoms with E-state index in [1.807, 2.05) is 12.1 Å². The van der Waals surface area contributed by atoms with Gasteiger partial charge in [0.05, 0.1) is 26.5 Å². The lowest BCUT2D eigenvalue weighted by atomic mass is 10.1. The number of anilines is 1. The molecular weight excluding hydrogens is 268 g/mol. The summed E-state index contributed by atoms with van der Waals surface area (Å²) < 4.78 is 16.2. The molecule has 0 saturated heterocycles. The zero-order chi connectivity index (χ0) is 15.1. The van der Waals surface area contributed by atoms with Crippen LogP contribution in [0.2, 0.25) is 0 Å². The normalized spacial score (nSPS) is 10.2. The Kier molecular flexibility index (Phi) is 5.26. The third-order valence-corrected chi connectivity index (χ3v) is 3.13. The van der Waals surface area contributed by atoms with E-state index in [2.05, 4.69) is 4.98 Å². The molecule has 0 aliphatic heterocycles. The first-order valence-electron chi connectivity index (χ1n) is 6.77. The average molecular weight is 288 g/mol. The smallest absolute Gasteiger partial charge is 0.164 e. The Morgan fingerprint density at radius 2 is 1.67 bits per heavy atom. The van der Waals surface area contributed by atoms with Gasteiger partial charge in [0.2, 0.25) is 0 Å². The largest absolute Gasteiger partial charge is 0.493 e. The maximum absolute atomic E-state index is 5.95. The summed E-state index contributed by atoms with van der Waals surface area (Å²) in [7, 11) is 3.16. The third-order valence-electron chi connectivity index (χ3n) is 3.13. The van der Waals surface area contributed by atoms with Gasteiger partial charge >= 0.3 is 0 Å². The second-order valence-corrected chi connectivity index (χ2v) is 4.55. The van der Waals surface area contributed by atoms with Gasteiger partial charge in [-0.15, -0.1) is 0 Å². The van der Waals surface area contributed by atoms with Crippen molar-refractivity contribution in [3.8, 4) is 17.2 Å². The molecule has 0 unspecified atom stereocenters. The molecule has 1 aromatic carbocycles. The van der Waals surface area contributed by atoms with Crippen molar-refractivity contribution in [1.82, 2.24) is 4.98 Å². The van der Waals surface area contributed by atoms with Crippen molar-refractivity contribution in [3.05, 3.63) is 42.2 Å². The number of benzene rings is 1. The van der Waals surface area contributed by atoms with Gasteiger partial charge in [0.15, 0.2) is 11.5 Å². The molecule has 0 aliphatic carbocycles. The fraction of sp³-hybridized carbons (Fsp3) is 0.312. The number of hydrogen-bond donors (Lipinski definition) is 1. The van der Waals surface area contributed by atoms with Crippen LogP contribution in [-0.4, -0.2) is 25.8 Å². The summed E-state index contributed by atoms with van der Waals surface area (Å²) in [5.41, 5.74) is 7.73. The molecule has 0 amide bonds. The molecule has 112 valence electrons. The number of nitrogen functional groups attached to an aromatic ring is 1. The van der Waals surface area contributed by atoms with Crippen molar-refractivity contribution in [2.45, 2.75) is 12.8 Å². The molecule has 2 N–H and O–H groups in total. The van der Waals surface area contributed by atoms with E-state index in [1.54, 1.807) is 38.7 Å². The van der Waals surface area contributed by atoms with Crippen molar-refractivity contribution in [1.29, 1.82) is 0 Å². The second kappa shape index (κ2) is 7.38. The number of hydrogen-bond acceptors (Lipinski definition) is 5. The molecule has 5 heteroatoms. The zero-order valence-electron chi connectivity index (χ0n) is 12.3. The second-order valence-electron chi connectivity index (χ2n) is 4.55. The Morgan fingerprint density at radius 3 is 2.33 bits per heavy atom. The number of rotatable bonds is 7. The lowest BCUT2D eigenvalue weighted by Gasteiger charge is -2.13. The molecule has 0 aliphatic rings. The van der Waals surface area contributed by atoms with Crippen LogP contribution in [0.25, 0.3) is 0 Å². The number of aryl methyl sites for hydroxylation is 1. The Hall–Kier alpha value is -2.43. The molecule has 2 rings (SSSR count). The van der Waals surface area contributed by atoms with Gasteiger partial charge in [-0.2, -0.15) is 0 Å². The van der Waals surface area contributed by atoms with Crippen LogP contribution in [0.5, 0.6) is 17.2 Å². The van der Waals surface area contributed by atoms with Crippen molar-refractivity contribution < 1.29 is 14.2 Å². The first-order valence-corrected chi connectivity index (χ1v) is 6.77. The monoisotopic (exact) mass is 288 g/mol. The Labute approximate surface area is 124 Å². The topological polar surface area (TPSA) is 66.6 Å². The van der Waals surface area contributed by atoms with Crippen LogP contribution in [0.4, 0.5) is 5.69 Å². The van der Waals surface area contributed by atoms with Gasteiger partial charge < -0.3 is 19.9 Å². The van der Waals surface area contributed by atoms with Gasteiger partial charge in [-0.3, -0.25) is 4.98 Å². The van der Waals surface area contributed by atoms with E-state index in [1.165, 1.54) is 5.56 Å². The van der Waals surface area contributed by atoms with E-state index in [0.717, 1.165) is 12.8 Å². The fourth-order valence-corrected chi connectivity index (χ4v) is 2.01. The molecule has 5 nitrogen and oxygen atoms in total. The number of methoxy groups -OCH3 is 2. The highest BCUT2D eigenvalue weighted by molar-refractivity contribution is 5.61. The number of aromatic nitrogens is 1. The van der Waals surface area contributed by atoms with E-state index in [9.17, 15) is 0 Å². The van der Waals surface area contributed by atoms with Crippen LogP contribution < -0.4 is 19.9 Å². The summed E-state index contributed by atoms with van der Waals surface area (Å²) in [5, 5.41) is 0. The molecule has 0 saturated carbocycles. The Balaban J connectivity index is 1.91. The van der Waals surface area contributed by atoms with Crippen molar-refractivity contribution in [2.24, 2.45) is 0 Å². The summed E-state index contributed by atoms with van der Waals surface area (Å²) in [5.74, 6) is 1.82. The van der Waals surface area contributed by atoms with Crippen LogP contribution in [0.1, 0.15) is 12.0 Å². The van der Waals surface area contributed by atoms with Gasteiger partial charge in [0, 0.05) is 24.5 Å². The lowest BCUT2D eigenvalue weighted by molar-refractivity contribution is 0.306. The van der Waals surface area contributed by atoms with Crippen LogP contribution >= 0.6 is 0 Å². The molecule has 0 atom stereocenters. The minimum atomic E-state index is 0.538. The predicted molar refractivity (Wildman–Crippen MR) is 82.0 cm³/mol. The average Bonchev–Trinajstić information content (AvgIpc) is 2.53. The van der Waals surface area contributed by atoms with Gasteiger partial charge in [-0.1, -0.05) is 0 Å². The number of nitrogens with zero attached hydrogens (tertiary/aromatic N) is 1. The third kappa shape index (κ3) is 4.02. The minimum Gasteiger partial charge on any atom is -0.493 e. The molecule has 0 spiro atoms. The van der Waals surface area contributed by atoms with Gasteiger partial charge in [-0.05, 0) is 30.5 Å². The number of nitrogens with two attached hydrogens (primary N) is 1. The first-order chi connectivity index (χ1) is 10.2. The van der Waals surface area contributed by atoms with Crippen molar-refractivity contribution >= 4 is 5.69 Å². The van der Waals surface area contributed by atoms with Gasteiger partial charge in [0.1, 0.15) is 5.75 Å². The SMILES string of the molecule is COc1cc(N)c(OCCCc2ccncc2)cc1OC. The maximum Gasteiger partial charge on any atom is 0.164 e. The fourth-order valence-electron chi connectivity index (χ4n) is 2.01. The summed E-state index contributed by atoms with van der Waals surface area (Å²) in [6.45, 7) is 0.585. The molecule has 1 aromatic heterocycles. The standard InChI is InChI=1S/C16H20N2O3/c1-19-15-10-13(17)14(11-16(15)20-2)21-9-3-4-12-5-7-18-8-6-12/h5-8,10-11H,3-4,9,17H2,1-2H3. The van der Waals surface area contributed by atoms with Gasteiger partial charge in [-0.25, -0.2) is 0 Å². The summed E-state index contributed by atoms with van der Waals surface area (Å²) in [6.07, 6.45) is 5.43. The van der Waals surface area contributed by atoms with E-state index < -0.39 is 0 Å². The molecule has 0 radical (unpaired) electrons. The molecular formula is C16H20N2O3. The number of pyridine rings is 1. The van der Waals surface area contributed by atoms with Crippen molar-refractivity contribution in [3.63, 3.8) is 0 Å². The van der Waals surface area contributed by atoms with E-state index in [4.69, 9.17) is 19.9 Å². The highest BCUT2D eigenvalue weighted by Crippen LogP contribution is 2.36. The van der Waals surface area contributed by atoms with Crippen LogP contribution in [-0.2, 0) is 6.42 Å². The summed E-state index contributed by atoms with van der Waals surface area (Å²) in [4.78, 5) is 3.99. The quantitative estimate of drug-likeness (QED) is 0.627. The Bertz CT molecular complexity index is 573. The molecule has 0 fully saturated rings. The van der Waals surface area contributed by atoms with Crippen LogP contribution in [0.15, 0.2) is 36.7 Å². The van der Waals surface area contributed by atoms with Crippen LogP contribution in [0, 0.1) is 0 Å². The van der Waals surface area contributed by atoms with E-state index >= 15 is 0 Å². The molecule has 0 bridgehead atoms.